The molecule has 0 atom stereocenters. The van der Waals surface area contributed by atoms with Crippen molar-refractivity contribution in [1.29, 1.82) is 0 Å². The number of terminal acetylenes is 1. The zero-order chi connectivity index (χ0) is 7.11. The lowest BCUT2D eigenvalue weighted by molar-refractivity contribution is 0.542. The van der Waals surface area contributed by atoms with E-state index in [1.165, 1.54) is 19.3 Å². The maximum absolute atomic E-state index is 5.10. The van der Waals surface area contributed by atoms with Crippen LogP contribution in [0, 0.1) is 18.3 Å². The van der Waals surface area contributed by atoms with Gasteiger partial charge in [0.25, 0.3) is 0 Å². The second-order valence-electron chi connectivity index (χ2n) is 2.84. The second kappa shape index (κ2) is 5.69. The first kappa shape index (κ1) is 8.56. The topological polar surface area (TPSA) is 0 Å². The lowest BCUT2D eigenvalue weighted by Gasteiger charge is -2.00. The van der Waals surface area contributed by atoms with Crippen molar-refractivity contribution in [2.45, 2.75) is 39.5 Å². The Morgan fingerprint density at radius 1 is 1.33 bits per heavy atom. The molecule has 0 aromatic rings. The molecule has 0 saturated heterocycles. The predicted molar refractivity (Wildman–Crippen MR) is 42.1 cm³/mol. The molecule has 0 aromatic carbocycles. The third-order valence-corrected chi connectivity index (χ3v) is 1.35. The Balaban J connectivity index is 2.85. The van der Waals surface area contributed by atoms with E-state index in [9.17, 15) is 0 Å². The average Bonchev–Trinajstić information content (AvgIpc) is 1.80. The zero-order valence-corrected chi connectivity index (χ0v) is 6.48. The molecule has 0 heteroatoms. The molecule has 0 aliphatic heterocycles. The van der Waals surface area contributed by atoms with Crippen LogP contribution in [0.2, 0.25) is 0 Å². The average molecular weight is 124 g/mol. The van der Waals surface area contributed by atoms with Crippen molar-refractivity contribution in [1.82, 2.24) is 0 Å². The molecule has 0 bridgehead atoms. The molecular weight excluding hydrogens is 108 g/mol. The van der Waals surface area contributed by atoms with E-state index in [0.717, 1.165) is 12.3 Å². The molecule has 0 aromatic heterocycles. The van der Waals surface area contributed by atoms with Crippen LogP contribution in [0.4, 0.5) is 0 Å². The maximum atomic E-state index is 5.10. The van der Waals surface area contributed by atoms with E-state index in [2.05, 4.69) is 19.8 Å². The summed E-state index contributed by atoms with van der Waals surface area (Å²) in [6, 6.07) is 0. The van der Waals surface area contributed by atoms with Crippen LogP contribution < -0.4 is 0 Å². The van der Waals surface area contributed by atoms with Gasteiger partial charge in [-0.1, -0.05) is 26.7 Å². The van der Waals surface area contributed by atoms with Gasteiger partial charge >= 0.3 is 0 Å². The van der Waals surface area contributed by atoms with Gasteiger partial charge in [0.1, 0.15) is 0 Å². The third-order valence-electron chi connectivity index (χ3n) is 1.35. The van der Waals surface area contributed by atoms with Gasteiger partial charge in [0, 0.05) is 6.42 Å². The lowest BCUT2D eigenvalue weighted by atomic mass is 10.1. The van der Waals surface area contributed by atoms with E-state index in [0.29, 0.717) is 0 Å². The quantitative estimate of drug-likeness (QED) is 0.399. The Morgan fingerprint density at radius 3 is 2.44 bits per heavy atom. The molecule has 0 heterocycles. The third kappa shape index (κ3) is 7.56. The summed E-state index contributed by atoms with van der Waals surface area (Å²) in [5, 5.41) is 0. The number of rotatable bonds is 4. The van der Waals surface area contributed by atoms with E-state index < -0.39 is 0 Å². The standard InChI is InChI=1S/C9H16/c1-4-5-6-7-8-9(2)3/h1,9H,5-8H2,2-3H3. The molecule has 0 aliphatic carbocycles. The normalized spacial score (nSPS) is 9.56. The smallest absolute Gasteiger partial charge is 0.00860 e. The fourth-order valence-electron chi connectivity index (χ4n) is 0.780. The van der Waals surface area contributed by atoms with E-state index in [-0.39, 0.29) is 0 Å². The summed E-state index contributed by atoms with van der Waals surface area (Å²) in [5.74, 6) is 3.48. The molecule has 9 heavy (non-hydrogen) atoms. The molecule has 52 valence electrons. The van der Waals surface area contributed by atoms with Crippen molar-refractivity contribution < 1.29 is 0 Å². The van der Waals surface area contributed by atoms with Gasteiger partial charge in [-0.05, 0) is 12.3 Å². The number of hydrogen-bond donors (Lipinski definition) is 0. The Morgan fingerprint density at radius 2 is 2.00 bits per heavy atom. The highest BCUT2D eigenvalue weighted by Gasteiger charge is 1.91. The van der Waals surface area contributed by atoms with Crippen LogP contribution in [-0.2, 0) is 0 Å². The lowest BCUT2D eigenvalue weighted by Crippen LogP contribution is -1.85. The van der Waals surface area contributed by atoms with Crippen molar-refractivity contribution in [2.24, 2.45) is 5.92 Å². The van der Waals surface area contributed by atoms with Crippen molar-refractivity contribution >= 4 is 0 Å². The number of unbranched alkanes of at least 4 members (excludes halogenated alkanes) is 2. The highest BCUT2D eigenvalue weighted by Crippen LogP contribution is 2.06. The van der Waals surface area contributed by atoms with Gasteiger partial charge in [0.05, 0.1) is 0 Å². The molecule has 0 spiro atoms. The monoisotopic (exact) mass is 124 g/mol. The van der Waals surface area contributed by atoms with Crippen molar-refractivity contribution in [3.8, 4) is 12.3 Å². The summed E-state index contributed by atoms with van der Waals surface area (Å²) < 4.78 is 0. The van der Waals surface area contributed by atoms with Crippen LogP contribution in [0.3, 0.4) is 0 Å². The number of hydrogen-bond acceptors (Lipinski definition) is 0. The van der Waals surface area contributed by atoms with Crippen LogP contribution in [0.5, 0.6) is 0 Å². The zero-order valence-electron chi connectivity index (χ0n) is 6.48. The first-order valence-electron chi connectivity index (χ1n) is 3.71. The first-order chi connectivity index (χ1) is 4.27. The van der Waals surface area contributed by atoms with Crippen molar-refractivity contribution in [3.63, 3.8) is 0 Å². The molecule has 0 aliphatic rings. The van der Waals surface area contributed by atoms with Crippen LogP contribution in [0.25, 0.3) is 0 Å². The van der Waals surface area contributed by atoms with Crippen molar-refractivity contribution in [3.05, 3.63) is 0 Å². The fourth-order valence-corrected chi connectivity index (χ4v) is 0.780. The molecule has 0 N–H and O–H groups in total. The summed E-state index contributed by atoms with van der Waals surface area (Å²) in [6.45, 7) is 4.49. The molecular formula is C9H16. The molecule has 0 saturated carbocycles. The molecule has 0 rings (SSSR count). The second-order valence-corrected chi connectivity index (χ2v) is 2.84. The summed E-state index contributed by atoms with van der Waals surface area (Å²) >= 11 is 0. The molecule has 0 radical (unpaired) electrons. The molecule has 0 unspecified atom stereocenters. The van der Waals surface area contributed by atoms with E-state index >= 15 is 0 Å². The SMILES string of the molecule is C#CCCCCC(C)C. The van der Waals surface area contributed by atoms with Gasteiger partial charge in [-0.25, -0.2) is 0 Å². The predicted octanol–water partition coefficient (Wildman–Crippen LogP) is 2.84. The van der Waals surface area contributed by atoms with Crippen LogP contribution >= 0.6 is 0 Å². The Hall–Kier alpha value is -0.440. The van der Waals surface area contributed by atoms with Gasteiger partial charge in [-0.2, -0.15) is 0 Å². The summed E-state index contributed by atoms with van der Waals surface area (Å²) in [4.78, 5) is 0. The van der Waals surface area contributed by atoms with Crippen LogP contribution in [0.1, 0.15) is 39.5 Å². The largest absolute Gasteiger partial charge is 0.120 e. The van der Waals surface area contributed by atoms with E-state index in [1.807, 2.05) is 0 Å². The Labute approximate surface area is 58.7 Å². The van der Waals surface area contributed by atoms with Gasteiger partial charge in [-0.15, -0.1) is 12.3 Å². The van der Waals surface area contributed by atoms with Gasteiger partial charge in [0.15, 0.2) is 0 Å². The summed E-state index contributed by atoms with van der Waals surface area (Å²) in [6.07, 6.45) is 9.86. The van der Waals surface area contributed by atoms with Gasteiger partial charge in [-0.3, -0.25) is 0 Å². The van der Waals surface area contributed by atoms with Crippen molar-refractivity contribution in [2.75, 3.05) is 0 Å². The van der Waals surface area contributed by atoms with E-state index in [1.54, 1.807) is 0 Å². The molecule has 0 amide bonds. The highest BCUT2D eigenvalue weighted by atomic mass is 14.0. The summed E-state index contributed by atoms with van der Waals surface area (Å²) in [5.41, 5.74) is 0. The van der Waals surface area contributed by atoms with E-state index in [4.69, 9.17) is 6.42 Å². The Kier molecular flexibility index (Phi) is 5.41. The minimum absolute atomic E-state index is 0.836. The minimum atomic E-state index is 0.836. The van der Waals surface area contributed by atoms with Gasteiger partial charge in [0.2, 0.25) is 0 Å². The van der Waals surface area contributed by atoms with Gasteiger partial charge < -0.3 is 0 Å². The molecule has 0 fully saturated rings. The Bertz CT molecular complexity index is 84.7. The first-order valence-corrected chi connectivity index (χ1v) is 3.71. The highest BCUT2D eigenvalue weighted by molar-refractivity contribution is 4.82. The minimum Gasteiger partial charge on any atom is -0.120 e. The fraction of sp³-hybridized carbons (Fsp3) is 0.778. The summed E-state index contributed by atoms with van der Waals surface area (Å²) in [7, 11) is 0. The van der Waals surface area contributed by atoms with Crippen LogP contribution in [-0.4, -0.2) is 0 Å². The van der Waals surface area contributed by atoms with Crippen LogP contribution in [0.15, 0.2) is 0 Å². The maximum Gasteiger partial charge on any atom is 0.00860 e. The molecule has 0 nitrogen and oxygen atoms in total.